The Bertz CT molecular complexity index is 1240. The Labute approximate surface area is 183 Å². The highest BCUT2D eigenvalue weighted by Gasteiger charge is 2.50. The molecule has 5 rings (SSSR count). The van der Waals surface area contributed by atoms with Crippen LogP contribution in [0.2, 0.25) is 0 Å². The molecule has 0 aliphatic heterocycles. The highest BCUT2D eigenvalue weighted by Crippen LogP contribution is 2.51. The van der Waals surface area contributed by atoms with Gasteiger partial charge in [-0.25, -0.2) is 9.53 Å². The molecular formula is C27H25N3O. The van der Waals surface area contributed by atoms with E-state index in [9.17, 15) is 4.79 Å². The van der Waals surface area contributed by atoms with Crippen molar-refractivity contribution in [3.63, 3.8) is 0 Å². The Kier molecular flexibility index (Phi) is 4.44. The molecule has 0 saturated heterocycles. The maximum Gasteiger partial charge on any atom is 0.226 e. The molecule has 0 bridgehead atoms. The van der Waals surface area contributed by atoms with Crippen LogP contribution in [0, 0.1) is 25.3 Å². The van der Waals surface area contributed by atoms with E-state index < -0.39 is 5.41 Å². The first-order chi connectivity index (χ1) is 14.9. The first-order valence-electron chi connectivity index (χ1n) is 10.8. The maximum absolute atomic E-state index is 12.7. The quantitative estimate of drug-likeness (QED) is 0.512. The summed E-state index contributed by atoms with van der Waals surface area (Å²) in [4.78, 5) is 16.3. The lowest BCUT2D eigenvalue weighted by Gasteiger charge is -2.44. The Morgan fingerprint density at radius 1 is 1.13 bits per heavy atom. The molecule has 0 unspecified atom stereocenters. The number of hydrogen-bond donors (Lipinski definition) is 0. The fraction of sp³-hybridized carbons (Fsp3) is 0.296. The summed E-state index contributed by atoms with van der Waals surface area (Å²) in [6.07, 6.45) is 3.69. The van der Waals surface area contributed by atoms with Crippen molar-refractivity contribution in [1.29, 1.82) is 0 Å². The van der Waals surface area contributed by atoms with Gasteiger partial charge in [-0.1, -0.05) is 68.0 Å². The normalized spacial score (nSPS) is 24.7. The average Bonchev–Trinajstić information content (AvgIpc) is 3.18. The molecule has 1 aromatic heterocycles. The van der Waals surface area contributed by atoms with Gasteiger partial charge in [0, 0.05) is 22.5 Å². The number of benzene rings is 2. The van der Waals surface area contributed by atoms with Gasteiger partial charge in [-0.15, -0.1) is 0 Å². The van der Waals surface area contributed by atoms with Gasteiger partial charge in [0.25, 0.3) is 0 Å². The first-order valence-corrected chi connectivity index (χ1v) is 10.8. The van der Waals surface area contributed by atoms with E-state index in [1.165, 1.54) is 11.1 Å². The highest BCUT2D eigenvalue weighted by molar-refractivity contribution is 6.00. The lowest BCUT2D eigenvalue weighted by molar-refractivity contribution is -0.121. The van der Waals surface area contributed by atoms with E-state index in [2.05, 4.69) is 71.9 Å². The first kappa shape index (κ1) is 19.5. The Balaban J connectivity index is 1.79. The number of rotatable bonds is 2. The number of hydrogen-bond acceptors (Lipinski definition) is 2. The van der Waals surface area contributed by atoms with Gasteiger partial charge in [0.05, 0.1) is 23.6 Å². The van der Waals surface area contributed by atoms with Crippen LogP contribution in [0.4, 0.5) is 0 Å². The van der Waals surface area contributed by atoms with Crippen LogP contribution < -0.4 is 0 Å². The topological polar surface area (TPSA) is 39.2 Å². The Hall–Kier alpha value is -3.45. The molecule has 4 nitrogen and oxygen atoms in total. The summed E-state index contributed by atoms with van der Waals surface area (Å²) in [5, 5.41) is 5.17. The van der Waals surface area contributed by atoms with Gasteiger partial charge in [-0.3, -0.25) is 0 Å². The second-order valence-corrected chi connectivity index (χ2v) is 9.01. The van der Waals surface area contributed by atoms with E-state index in [1.807, 2.05) is 19.1 Å². The average molecular weight is 408 g/mol. The molecule has 0 saturated carbocycles. The SMILES string of the molecule is [C-]#[N+]C1=C[C@@]2(C)c3nn(-c4ccc(C)cc4)c(-c4ccccc4)c3CC[C@@H]2[C@@H](C)C1=O. The number of Topliss-reactive ketones (excluding diaryl/α,β-unsaturated/α-hetero) is 1. The van der Waals surface area contributed by atoms with Crippen LogP contribution in [-0.4, -0.2) is 15.6 Å². The summed E-state index contributed by atoms with van der Waals surface area (Å²) in [5.74, 6) is -0.0397. The molecule has 2 aromatic carbocycles. The predicted octanol–water partition coefficient (Wildman–Crippen LogP) is 5.69. The van der Waals surface area contributed by atoms with Crippen LogP contribution in [0.25, 0.3) is 21.8 Å². The number of carbonyl (C=O) groups excluding carboxylic acids is 1. The third-order valence-electron chi connectivity index (χ3n) is 7.12. The third-order valence-corrected chi connectivity index (χ3v) is 7.12. The zero-order chi connectivity index (χ0) is 21.8. The standard InChI is InChI=1S/C27H25N3O/c1-17-10-12-20(13-11-17)30-24(19-8-6-5-7-9-19)21-14-15-22-18(2)25(31)23(28-4)16-27(22,3)26(21)29-30/h5-13,16,18,22H,14-15H2,1-3H3/t18-,22-,27-/m1/s1. The van der Waals surface area contributed by atoms with Crippen molar-refractivity contribution in [2.24, 2.45) is 11.8 Å². The minimum Gasteiger partial charge on any atom is -0.308 e. The second-order valence-electron chi connectivity index (χ2n) is 9.01. The van der Waals surface area contributed by atoms with Crippen molar-refractivity contribution < 1.29 is 4.79 Å². The van der Waals surface area contributed by atoms with Gasteiger partial charge in [0.1, 0.15) is 0 Å². The van der Waals surface area contributed by atoms with Gasteiger partial charge in [-0.2, -0.15) is 5.10 Å². The van der Waals surface area contributed by atoms with E-state index in [1.54, 1.807) is 0 Å². The van der Waals surface area contributed by atoms with Crippen molar-refractivity contribution in [2.45, 2.75) is 39.0 Å². The highest BCUT2D eigenvalue weighted by atomic mass is 16.1. The van der Waals surface area contributed by atoms with E-state index >= 15 is 0 Å². The lowest BCUT2D eigenvalue weighted by Crippen LogP contribution is -2.45. The molecule has 154 valence electrons. The van der Waals surface area contributed by atoms with Crippen molar-refractivity contribution >= 4 is 5.78 Å². The molecule has 31 heavy (non-hydrogen) atoms. The van der Waals surface area contributed by atoms with Gasteiger partial charge in [0.15, 0.2) is 5.78 Å². The summed E-state index contributed by atoms with van der Waals surface area (Å²) < 4.78 is 2.06. The molecule has 1 heterocycles. The maximum atomic E-state index is 12.7. The number of aromatic nitrogens is 2. The van der Waals surface area contributed by atoms with E-state index in [4.69, 9.17) is 11.7 Å². The number of ketones is 1. The van der Waals surface area contributed by atoms with Gasteiger partial charge < -0.3 is 4.79 Å². The minimum atomic E-state index is -0.430. The second kappa shape index (κ2) is 7.06. The van der Waals surface area contributed by atoms with E-state index in [0.717, 1.165) is 35.5 Å². The van der Waals surface area contributed by atoms with Gasteiger partial charge >= 0.3 is 0 Å². The number of fused-ring (bicyclic) bond motifs is 3. The molecule has 0 N–H and O–H groups in total. The van der Waals surface area contributed by atoms with E-state index in [-0.39, 0.29) is 23.3 Å². The smallest absolute Gasteiger partial charge is 0.226 e. The molecule has 2 aliphatic rings. The molecule has 0 spiro atoms. The fourth-order valence-electron chi connectivity index (χ4n) is 5.46. The van der Waals surface area contributed by atoms with Gasteiger partial charge in [0.2, 0.25) is 5.70 Å². The van der Waals surface area contributed by atoms with Crippen molar-refractivity contribution in [3.05, 3.63) is 94.6 Å². The summed E-state index contributed by atoms with van der Waals surface area (Å²) in [6.45, 7) is 13.8. The Morgan fingerprint density at radius 3 is 2.52 bits per heavy atom. The Morgan fingerprint density at radius 2 is 1.84 bits per heavy atom. The lowest BCUT2D eigenvalue weighted by atomic mass is 9.58. The van der Waals surface area contributed by atoms with Crippen LogP contribution in [0.5, 0.6) is 0 Å². The fourth-order valence-corrected chi connectivity index (χ4v) is 5.46. The molecular weight excluding hydrogens is 382 g/mol. The summed E-state index contributed by atoms with van der Waals surface area (Å²) >= 11 is 0. The summed E-state index contributed by atoms with van der Waals surface area (Å²) in [7, 11) is 0. The monoisotopic (exact) mass is 407 g/mol. The zero-order valence-corrected chi connectivity index (χ0v) is 18.1. The van der Waals surface area contributed by atoms with E-state index in [0.29, 0.717) is 0 Å². The molecule has 2 aliphatic carbocycles. The molecule has 0 radical (unpaired) electrons. The molecule has 3 atom stereocenters. The summed E-state index contributed by atoms with van der Waals surface area (Å²) in [5.41, 5.74) is 6.53. The largest absolute Gasteiger partial charge is 0.308 e. The van der Waals surface area contributed by atoms with Crippen LogP contribution in [0.1, 0.15) is 37.1 Å². The number of carbonyl (C=O) groups is 1. The zero-order valence-electron chi connectivity index (χ0n) is 18.1. The number of aryl methyl sites for hydroxylation is 1. The van der Waals surface area contributed by atoms with Gasteiger partial charge in [-0.05, 0) is 37.8 Å². The van der Waals surface area contributed by atoms with Crippen molar-refractivity contribution in [1.82, 2.24) is 9.78 Å². The van der Waals surface area contributed by atoms with Crippen LogP contribution in [-0.2, 0) is 16.6 Å². The molecule has 4 heteroatoms. The van der Waals surface area contributed by atoms with Crippen LogP contribution in [0.15, 0.2) is 66.4 Å². The van der Waals surface area contributed by atoms with Crippen molar-refractivity contribution in [3.8, 4) is 16.9 Å². The van der Waals surface area contributed by atoms with Crippen molar-refractivity contribution in [2.75, 3.05) is 0 Å². The summed E-state index contributed by atoms with van der Waals surface area (Å²) in [6, 6.07) is 18.8. The van der Waals surface area contributed by atoms with Crippen LogP contribution in [0.3, 0.4) is 0 Å². The number of nitrogens with zero attached hydrogens (tertiary/aromatic N) is 3. The minimum absolute atomic E-state index is 0.0258. The molecule has 0 fully saturated rings. The third kappa shape index (κ3) is 2.88. The molecule has 0 amide bonds. The predicted molar refractivity (Wildman–Crippen MR) is 122 cm³/mol. The number of allylic oxidation sites excluding steroid dienone is 2. The molecule has 3 aromatic rings. The van der Waals surface area contributed by atoms with Crippen LogP contribution >= 0.6 is 0 Å².